The van der Waals surface area contributed by atoms with Gasteiger partial charge in [0.25, 0.3) is 5.91 Å². The second-order valence-electron chi connectivity index (χ2n) is 4.84. The van der Waals surface area contributed by atoms with Gasteiger partial charge in [-0.2, -0.15) is 13.2 Å². The Balaban J connectivity index is 2.28. The number of rotatable bonds is 2. The molecule has 1 aromatic rings. The van der Waals surface area contributed by atoms with Gasteiger partial charge in [-0.3, -0.25) is 9.59 Å². The van der Waals surface area contributed by atoms with Crippen molar-refractivity contribution < 1.29 is 27.9 Å². The number of carboxylic acid groups (broad SMARTS) is 1. The highest BCUT2D eigenvalue weighted by molar-refractivity contribution is 6.33. The molecule has 1 amide bonds. The van der Waals surface area contributed by atoms with Crippen LogP contribution in [0.2, 0.25) is 5.02 Å². The van der Waals surface area contributed by atoms with Crippen LogP contribution in [0.25, 0.3) is 0 Å². The van der Waals surface area contributed by atoms with Gasteiger partial charge in [0, 0.05) is 13.1 Å². The fraction of sp³-hybridized carbons (Fsp3) is 0.385. The number of benzene rings is 1. The minimum absolute atomic E-state index is 0.0579. The van der Waals surface area contributed by atoms with Gasteiger partial charge in [0.1, 0.15) is 0 Å². The molecule has 0 bridgehead atoms. The summed E-state index contributed by atoms with van der Waals surface area (Å²) in [4.78, 5) is 24.1. The normalized spacial score (nSPS) is 22.4. The maximum atomic E-state index is 13.0. The summed E-state index contributed by atoms with van der Waals surface area (Å²) in [5.41, 5.74) is -2.85. The average Bonchev–Trinajstić information content (AvgIpc) is 2.84. The van der Waals surface area contributed by atoms with Crippen molar-refractivity contribution in [3.63, 3.8) is 0 Å². The van der Waals surface area contributed by atoms with Gasteiger partial charge < -0.3 is 10.0 Å². The summed E-state index contributed by atoms with van der Waals surface area (Å²) in [6, 6.07) is 5.95. The molecule has 2 rings (SSSR count). The molecule has 1 aromatic carbocycles. The molecule has 1 heterocycles. The highest BCUT2D eigenvalue weighted by atomic mass is 35.5. The van der Waals surface area contributed by atoms with Crippen LogP contribution in [-0.4, -0.2) is 41.1 Å². The van der Waals surface area contributed by atoms with Crippen molar-refractivity contribution in [2.24, 2.45) is 5.41 Å². The van der Waals surface area contributed by atoms with Gasteiger partial charge in [0.15, 0.2) is 5.41 Å². The highest BCUT2D eigenvalue weighted by Gasteiger charge is 2.64. The van der Waals surface area contributed by atoms with Crippen molar-refractivity contribution >= 4 is 23.5 Å². The summed E-state index contributed by atoms with van der Waals surface area (Å²) in [7, 11) is 0. The topological polar surface area (TPSA) is 57.6 Å². The van der Waals surface area contributed by atoms with E-state index in [2.05, 4.69) is 0 Å². The summed E-state index contributed by atoms with van der Waals surface area (Å²) in [6.07, 6.45) is -5.59. The molecule has 0 saturated carbocycles. The lowest BCUT2D eigenvalue weighted by Gasteiger charge is -2.27. The molecule has 0 radical (unpaired) electrons. The van der Waals surface area contributed by atoms with E-state index in [9.17, 15) is 22.8 Å². The van der Waals surface area contributed by atoms with Crippen LogP contribution >= 0.6 is 11.6 Å². The van der Waals surface area contributed by atoms with E-state index in [0.717, 1.165) is 4.90 Å². The molecular formula is C13H11ClF3NO3. The number of halogens is 4. The molecule has 1 aliphatic heterocycles. The fourth-order valence-electron chi connectivity index (χ4n) is 2.32. The van der Waals surface area contributed by atoms with Gasteiger partial charge in [-0.25, -0.2) is 0 Å². The Morgan fingerprint density at radius 2 is 1.90 bits per heavy atom. The van der Waals surface area contributed by atoms with Crippen LogP contribution in [0, 0.1) is 5.41 Å². The van der Waals surface area contributed by atoms with Crippen molar-refractivity contribution in [2.45, 2.75) is 12.6 Å². The van der Waals surface area contributed by atoms with Crippen molar-refractivity contribution in [2.75, 3.05) is 13.1 Å². The molecule has 8 heteroatoms. The number of carboxylic acids is 1. The third-order valence-corrected chi connectivity index (χ3v) is 3.94. The predicted octanol–water partition coefficient (Wildman–Crippen LogP) is 2.82. The minimum atomic E-state index is -4.92. The molecule has 1 atom stereocenters. The lowest BCUT2D eigenvalue weighted by molar-refractivity contribution is -0.227. The molecule has 1 aliphatic rings. The maximum absolute atomic E-state index is 13.0. The monoisotopic (exact) mass is 321 g/mol. The smallest absolute Gasteiger partial charge is 0.406 e. The predicted molar refractivity (Wildman–Crippen MR) is 68.1 cm³/mol. The zero-order valence-corrected chi connectivity index (χ0v) is 11.4. The van der Waals surface area contributed by atoms with Crippen molar-refractivity contribution in [3.05, 3.63) is 34.9 Å². The molecule has 4 nitrogen and oxygen atoms in total. The van der Waals surface area contributed by atoms with Crippen LogP contribution in [0.1, 0.15) is 16.8 Å². The molecule has 114 valence electrons. The molecule has 1 N–H and O–H groups in total. The number of alkyl halides is 3. The van der Waals surface area contributed by atoms with Crippen LogP contribution in [0.3, 0.4) is 0 Å². The highest BCUT2D eigenvalue weighted by Crippen LogP contribution is 2.46. The Morgan fingerprint density at radius 3 is 2.38 bits per heavy atom. The van der Waals surface area contributed by atoms with Crippen molar-refractivity contribution in [1.29, 1.82) is 0 Å². The van der Waals surface area contributed by atoms with Crippen molar-refractivity contribution in [1.82, 2.24) is 4.90 Å². The summed E-state index contributed by atoms with van der Waals surface area (Å²) in [5.74, 6) is -2.67. The van der Waals surface area contributed by atoms with Crippen LogP contribution in [0.15, 0.2) is 24.3 Å². The average molecular weight is 322 g/mol. The molecule has 0 aromatic heterocycles. The largest absolute Gasteiger partial charge is 0.481 e. The number of hydrogen-bond acceptors (Lipinski definition) is 2. The van der Waals surface area contributed by atoms with E-state index in [1.165, 1.54) is 18.2 Å². The zero-order valence-electron chi connectivity index (χ0n) is 10.7. The van der Waals surface area contributed by atoms with Gasteiger partial charge in [-0.15, -0.1) is 0 Å². The first-order valence-corrected chi connectivity index (χ1v) is 6.41. The minimum Gasteiger partial charge on any atom is -0.481 e. The second-order valence-corrected chi connectivity index (χ2v) is 5.25. The number of carbonyl (C=O) groups excluding carboxylic acids is 1. The van der Waals surface area contributed by atoms with E-state index in [1.54, 1.807) is 6.07 Å². The Hall–Kier alpha value is -1.76. The zero-order chi connectivity index (χ0) is 15.8. The van der Waals surface area contributed by atoms with Gasteiger partial charge in [-0.1, -0.05) is 23.7 Å². The lowest BCUT2D eigenvalue weighted by Crippen LogP contribution is -2.47. The molecule has 0 spiro atoms. The summed E-state index contributed by atoms with van der Waals surface area (Å²) < 4.78 is 39.1. The van der Waals surface area contributed by atoms with Crippen LogP contribution in [0.5, 0.6) is 0 Å². The van der Waals surface area contributed by atoms with E-state index in [4.69, 9.17) is 16.7 Å². The maximum Gasteiger partial charge on any atom is 0.406 e. The SMILES string of the molecule is O=C(c1ccccc1Cl)N1CCC(C(=O)O)(C(F)(F)F)C1. The van der Waals surface area contributed by atoms with Crippen LogP contribution in [-0.2, 0) is 4.79 Å². The van der Waals surface area contributed by atoms with Crippen molar-refractivity contribution in [3.8, 4) is 0 Å². The van der Waals surface area contributed by atoms with Gasteiger partial charge in [-0.05, 0) is 18.6 Å². The van der Waals surface area contributed by atoms with Gasteiger partial charge in [0.05, 0.1) is 10.6 Å². The Morgan fingerprint density at radius 1 is 1.29 bits per heavy atom. The molecule has 1 saturated heterocycles. The summed E-state index contributed by atoms with van der Waals surface area (Å²) in [6.45, 7) is -1.19. The Kier molecular flexibility index (Phi) is 3.88. The Bertz CT molecular complexity index is 590. The molecule has 1 unspecified atom stereocenters. The third-order valence-electron chi connectivity index (χ3n) is 3.61. The van der Waals surface area contributed by atoms with E-state index < -0.39 is 36.4 Å². The number of aliphatic carboxylic acids is 1. The van der Waals surface area contributed by atoms with E-state index >= 15 is 0 Å². The van der Waals surface area contributed by atoms with E-state index in [-0.39, 0.29) is 17.1 Å². The fourth-order valence-corrected chi connectivity index (χ4v) is 2.53. The first-order valence-electron chi connectivity index (χ1n) is 6.03. The molecular weight excluding hydrogens is 311 g/mol. The summed E-state index contributed by atoms with van der Waals surface area (Å²) in [5, 5.41) is 9.05. The standard InChI is InChI=1S/C13H11ClF3NO3/c14-9-4-2-1-3-8(9)10(19)18-6-5-12(7-18,11(20)21)13(15,16)17/h1-4H,5-7H2,(H,20,21). The van der Waals surface area contributed by atoms with Crippen LogP contribution < -0.4 is 0 Å². The lowest BCUT2D eigenvalue weighted by atomic mass is 9.86. The van der Waals surface area contributed by atoms with E-state index in [0.29, 0.717) is 0 Å². The van der Waals surface area contributed by atoms with E-state index in [1.807, 2.05) is 0 Å². The molecule has 0 aliphatic carbocycles. The number of likely N-dealkylation sites (tertiary alicyclic amines) is 1. The molecule has 21 heavy (non-hydrogen) atoms. The van der Waals surface area contributed by atoms with Gasteiger partial charge >= 0.3 is 12.1 Å². The number of nitrogens with zero attached hydrogens (tertiary/aromatic N) is 1. The second kappa shape index (κ2) is 5.22. The third kappa shape index (κ3) is 2.57. The first-order chi connectivity index (χ1) is 9.69. The number of amides is 1. The quantitative estimate of drug-likeness (QED) is 0.911. The molecule has 1 fully saturated rings. The van der Waals surface area contributed by atoms with Gasteiger partial charge in [0.2, 0.25) is 0 Å². The number of hydrogen-bond donors (Lipinski definition) is 1. The summed E-state index contributed by atoms with van der Waals surface area (Å²) >= 11 is 5.84. The Labute approximate surface area is 123 Å². The van der Waals surface area contributed by atoms with Crippen LogP contribution in [0.4, 0.5) is 13.2 Å². The number of carbonyl (C=O) groups is 2. The first kappa shape index (κ1) is 15.6.